The second kappa shape index (κ2) is 13.8. The fourth-order valence-electron chi connectivity index (χ4n) is 4.31. The van der Waals surface area contributed by atoms with E-state index < -0.39 is 66.7 Å². The number of anilines is 1. The first-order chi connectivity index (χ1) is 20.2. The molecule has 230 valence electrons. The van der Waals surface area contributed by atoms with Crippen LogP contribution in [0.3, 0.4) is 0 Å². The number of nitrogens with zero attached hydrogens (tertiary/aromatic N) is 1. The van der Waals surface area contributed by atoms with Gasteiger partial charge in [-0.2, -0.15) is 0 Å². The molecular formula is C30H35N3O10. The Balaban J connectivity index is 1.86. The van der Waals surface area contributed by atoms with Gasteiger partial charge in [0.05, 0.1) is 7.11 Å². The van der Waals surface area contributed by atoms with Crippen molar-refractivity contribution in [1.82, 2.24) is 10.2 Å². The number of carbonyl (C=O) groups excluding carboxylic acids is 6. The van der Waals surface area contributed by atoms with Crippen LogP contribution in [0, 0.1) is 0 Å². The van der Waals surface area contributed by atoms with Gasteiger partial charge in [0.1, 0.15) is 24.9 Å². The molecular weight excluding hydrogens is 562 g/mol. The number of amides is 3. The molecule has 2 aromatic carbocycles. The fraction of sp³-hybridized carbons (Fsp3) is 0.400. The van der Waals surface area contributed by atoms with E-state index in [9.17, 15) is 28.8 Å². The number of nitrogens with one attached hydrogen (secondary N) is 2. The average Bonchev–Trinajstić information content (AvgIpc) is 3.26. The first kappa shape index (κ1) is 32.6. The first-order valence-corrected chi connectivity index (χ1v) is 13.4. The molecule has 43 heavy (non-hydrogen) atoms. The molecule has 0 aromatic heterocycles. The number of benzene rings is 2. The molecule has 13 heteroatoms. The summed E-state index contributed by atoms with van der Waals surface area (Å²) in [5.74, 6) is -3.52. The van der Waals surface area contributed by atoms with Gasteiger partial charge >= 0.3 is 24.0 Å². The van der Waals surface area contributed by atoms with Crippen molar-refractivity contribution in [1.29, 1.82) is 0 Å². The van der Waals surface area contributed by atoms with Crippen molar-refractivity contribution < 1.29 is 47.7 Å². The largest absolute Gasteiger partial charge is 0.467 e. The Kier molecular flexibility index (Phi) is 10.5. The topological polar surface area (TPSA) is 167 Å². The van der Waals surface area contributed by atoms with E-state index in [0.29, 0.717) is 22.4 Å². The normalized spacial score (nSPS) is 13.7. The van der Waals surface area contributed by atoms with E-state index in [4.69, 9.17) is 18.9 Å². The van der Waals surface area contributed by atoms with Gasteiger partial charge in [0.25, 0.3) is 5.91 Å². The summed E-state index contributed by atoms with van der Waals surface area (Å²) in [7, 11) is 1.11. The molecule has 0 fully saturated rings. The molecule has 1 aliphatic rings. The van der Waals surface area contributed by atoms with Gasteiger partial charge in [-0.25, -0.2) is 9.59 Å². The van der Waals surface area contributed by atoms with Crippen LogP contribution < -0.4 is 10.6 Å². The maximum Gasteiger partial charge on any atom is 0.412 e. The zero-order valence-corrected chi connectivity index (χ0v) is 24.8. The summed E-state index contributed by atoms with van der Waals surface area (Å²) in [6, 6.07) is 9.41. The number of esters is 3. The minimum atomic E-state index is -1.36. The predicted octanol–water partition coefficient (Wildman–Crippen LogP) is 2.81. The van der Waals surface area contributed by atoms with Crippen molar-refractivity contribution in [3.05, 3.63) is 53.6 Å². The zero-order chi connectivity index (χ0) is 31.9. The lowest BCUT2D eigenvalue weighted by Gasteiger charge is -2.28. The van der Waals surface area contributed by atoms with E-state index in [1.54, 1.807) is 57.2 Å². The third-order valence-corrected chi connectivity index (χ3v) is 6.22. The Morgan fingerprint density at radius 2 is 1.51 bits per heavy atom. The van der Waals surface area contributed by atoms with Crippen LogP contribution in [-0.4, -0.2) is 78.7 Å². The van der Waals surface area contributed by atoms with Crippen molar-refractivity contribution in [3.63, 3.8) is 0 Å². The van der Waals surface area contributed by atoms with Crippen LogP contribution in [0.25, 0.3) is 11.1 Å². The van der Waals surface area contributed by atoms with Crippen LogP contribution in [0.15, 0.2) is 42.5 Å². The zero-order valence-electron chi connectivity index (χ0n) is 24.8. The second-order valence-electron chi connectivity index (χ2n) is 10.7. The Morgan fingerprint density at radius 3 is 2.09 bits per heavy atom. The smallest absolute Gasteiger partial charge is 0.412 e. The fourth-order valence-corrected chi connectivity index (χ4v) is 4.31. The summed E-state index contributed by atoms with van der Waals surface area (Å²) in [4.78, 5) is 75.4. The standard InChI is InChI=1S/C30H35N3O10/c1-17(34)41-15-24(28(38)40-6)32-26(36)25(16-42-18(2)35)33-14-23-21(8-7-9-22(23)27(33)37)19-10-12-20(13-11-19)31-29(39)43-30(3,4)5/h7-13,24-25H,14-16H2,1-6H3,(H,31,39)(H,32,36)/t24-,25-/m0/s1. The third kappa shape index (κ3) is 8.77. The van der Waals surface area contributed by atoms with Crippen LogP contribution >= 0.6 is 0 Å². The van der Waals surface area contributed by atoms with Crippen molar-refractivity contribution in [2.24, 2.45) is 0 Å². The second-order valence-corrected chi connectivity index (χ2v) is 10.7. The molecule has 0 saturated carbocycles. The van der Waals surface area contributed by atoms with E-state index in [2.05, 4.69) is 10.6 Å². The van der Waals surface area contributed by atoms with Gasteiger partial charge in [0.15, 0.2) is 6.04 Å². The van der Waals surface area contributed by atoms with Gasteiger partial charge in [0.2, 0.25) is 5.91 Å². The van der Waals surface area contributed by atoms with E-state index in [-0.39, 0.29) is 6.54 Å². The number of rotatable bonds is 10. The van der Waals surface area contributed by atoms with Crippen molar-refractivity contribution >= 4 is 41.5 Å². The van der Waals surface area contributed by atoms with Crippen molar-refractivity contribution in [2.75, 3.05) is 25.6 Å². The molecule has 0 spiro atoms. The van der Waals surface area contributed by atoms with E-state index in [1.165, 1.54) is 4.90 Å². The highest BCUT2D eigenvalue weighted by atomic mass is 16.6. The predicted molar refractivity (Wildman–Crippen MR) is 153 cm³/mol. The quantitative estimate of drug-likeness (QED) is 0.307. The van der Waals surface area contributed by atoms with Gasteiger partial charge in [-0.1, -0.05) is 24.3 Å². The summed E-state index contributed by atoms with van der Waals surface area (Å²) < 4.78 is 19.9. The number of hydrogen-bond acceptors (Lipinski definition) is 10. The molecule has 0 radical (unpaired) electrons. The first-order valence-electron chi connectivity index (χ1n) is 13.4. The van der Waals surface area contributed by atoms with Crippen LogP contribution in [0.1, 0.15) is 50.5 Å². The molecule has 0 aliphatic carbocycles. The van der Waals surface area contributed by atoms with Crippen LogP contribution in [-0.2, 0) is 44.7 Å². The Bertz CT molecular complexity index is 1400. The van der Waals surface area contributed by atoms with Crippen LogP contribution in [0.4, 0.5) is 10.5 Å². The summed E-state index contributed by atoms with van der Waals surface area (Å²) in [5, 5.41) is 5.10. The summed E-state index contributed by atoms with van der Waals surface area (Å²) in [6.45, 7) is 6.60. The van der Waals surface area contributed by atoms with Crippen molar-refractivity contribution in [2.45, 2.75) is 58.8 Å². The number of fused-ring (bicyclic) bond motifs is 1. The van der Waals surface area contributed by atoms with Gasteiger partial charge < -0.3 is 29.2 Å². The van der Waals surface area contributed by atoms with Gasteiger partial charge in [-0.05, 0) is 55.7 Å². The molecule has 13 nitrogen and oxygen atoms in total. The third-order valence-electron chi connectivity index (χ3n) is 6.22. The molecule has 0 saturated heterocycles. The monoisotopic (exact) mass is 597 g/mol. The van der Waals surface area contributed by atoms with Crippen LogP contribution in [0.5, 0.6) is 0 Å². The Morgan fingerprint density at radius 1 is 0.907 bits per heavy atom. The minimum absolute atomic E-state index is 0.00552. The highest BCUT2D eigenvalue weighted by Gasteiger charge is 2.39. The highest BCUT2D eigenvalue weighted by Crippen LogP contribution is 2.34. The summed E-state index contributed by atoms with van der Waals surface area (Å²) in [6.07, 6.45) is -0.596. The number of methoxy groups -OCH3 is 1. The van der Waals surface area contributed by atoms with E-state index >= 15 is 0 Å². The molecule has 3 amide bonds. The molecule has 2 aromatic rings. The lowest BCUT2D eigenvalue weighted by molar-refractivity contribution is -0.153. The lowest BCUT2D eigenvalue weighted by atomic mass is 9.97. The maximum absolute atomic E-state index is 13.5. The SMILES string of the molecule is COC(=O)[C@H](COC(C)=O)NC(=O)[C@H](COC(C)=O)N1Cc2c(cccc2-c2ccc(NC(=O)OC(C)(C)C)cc2)C1=O. The molecule has 0 bridgehead atoms. The molecule has 2 N–H and O–H groups in total. The molecule has 0 unspecified atom stereocenters. The number of carbonyl (C=O) groups is 6. The Labute approximate surface area is 248 Å². The maximum atomic E-state index is 13.5. The van der Waals surface area contributed by atoms with Crippen molar-refractivity contribution in [3.8, 4) is 11.1 Å². The van der Waals surface area contributed by atoms with Gasteiger partial charge in [-0.15, -0.1) is 0 Å². The van der Waals surface area contributed by atoms with E-state index in [1.807, 2.05) is 6.07 Å². The Hall–Kier alpha value is -4.94. The molecule has 2 atom stereocenters. The summed E-state index contributed by atoms with van der Waals surface area (Å²) in [5.41, 5.74) is 2.29. The van der Waals surface area contributed by atoms with Crippen LogP contribution in [0.2, 0.25) is 0 Å². The minimum Gasteiger partial charge on any atom is -0.467 e. The van der Waals surface area contributed by atoms with Gasteiger partial charge in [0, 0.05) is 31.6 Å². The average molecular weight is 598 g/mol. The van der Waals surface area contributed by atoms with E-state index in [0.717, 1.165) is 26.5 Å². The molecule has 1 aliphatic heterocycles. The summed E-state index contributed by atoms with van der Waals surface area (Å²) >= 11 is 0. The number of ether oxygens (including phenoxy) is 4. The highest BCUT2D eigenvalue weighted by molar-refractivity contribution is 6.03. The lowest BCUT2D eigenvalue weighted by Crippen LogP contribution is -2.55. The molecule has 3 rings (SSSR count). The van der Waals surface area contributed by atoms with Gasteiger partial charge in [-0.3, -0.25) is 24.5 Å². The molecule has 1 heterocycles. The number of hydrogen-bond donors (Lipinski definition) is 2.